The maximum absolute atomic E-state index is 5.40. The molecule has 0 saturated carbocycles. The molecule has 3 atom stereocenters. The fourth-order valence-corrected chi connectivity index (χ4v) is 4.70. The predicted octanol–water partition coefficient (Wildman–Crippen LogP) is 4.81. The van der Waals surface area contributed by atoms with Gasteiger partial charge in [0.1, 0.15) is 0 Å². The van der Waals surface area contributed by atoms with Crippen LogP contribution in [0.4, 0.5) is 0 Å². The minimum Gasteiger partial charge on any atom is -0.493 e. The number of benzene rings is 2. The fraction of sp³-hybridized carbons (Fsp3) is 0.480. The van der Waals surface area contributed by atoms with Gasteiger partial charge >= 0.3 is 0 Å². The topological polar surface area (TPSA) is 34.1 Å². The first-order chi connectivity index (χ1) is 14.0. The molecular weight excluding hydrogens is 360 g/mol. The number of ether oxygens (including phenoxy) is 2. The van der Waals surface area contributed by atoms with E-state index in [0.717, 1.165) is 36.6 Å². The summed E-state index contributed by atoms with van der Waals surface area (Å²) in [5, 5.41) is 0. The normalized spacial score (nSPS) is 25.3. The van der Waals surface area contributed by atoms with E-state index in [1.165, 1.54) is 12.0 Å². The third-order valence-corrected chi connectivity index (χ3v) is 6.60. The van der Waals surface area contributed by atoms with Crippen molar-refractivity contribution in [3.8, 4) is 11.5 Å². The number of likely N-dealkylation sites (tertiary alicyclic amines) is 1. The van der Waals surface area contributed by atoms with Crippen molar-refractivity contribution in [2.75, 3.05) is 34.4 Å². The lowest BCUT2D eigenvalue weighted by molar-refractivity contribution is 0.0705. The minimum absolute atomic E-state index is 0.169. The van der Waals surface area contributed by atoms with Crippen molar-refractivity contribution in [2.45, 2.75) is 38.1 Å². The Hall–Kier alpha value is -2.33. The molecule has 0 radical (unpaired) electrons. The number of rotatable bonds is 7. The highest BCUT2D eigenvalue weighted by molar-refractivity contribution is 5.80. The molecule has 1 aliphatic heterocycles. The number of nitrogens with zero attached hydrogens (tertiary/aromatic N) is 2. The summed E-state index contributed by atoms with van der Waals surface area (Å²) in [5.74, 6) is 2.05. The molecule has 1 fully saturated rings. The van der Waals surface area contributed by atoms with E-state index >= 15 is 0 Å². The molecule has 0 aromatic heterocycles. The Morgan fingerprint density at radius 1 is 1.07 bits per heavy atom. The third-order valence-electron chi connectivity index (χ3n) is 6.60. The van der Waals surface area contributed by atoms with Crippen LogP contribution in [-0.2, 0) is 5.41 Å². The van der Waals surface area contributed by atoms with Gasteiger partial charge in [0.05, 0.1) is 14.2 Å². The second-order valence-corrected chi connectivity index (χ2v) is 8.32. The molecule has 2 aromatic rings. The summed E-state index contributed by atoms with van der Waals surface area (Å²) in [5.41, 5.74) is 2.65. The van der Waals surface area contributed by atoms with Crippen molar-refractivity contribution in [3.05, 3.63) is 59.7 Å². The molecule has 29 heavy (non-hydrogen) atoms. The Kier molecular flexibility index (Phi) is 6.96. The number of aliphatic imine (C=N–C) groups is 1. The zero-order valence-corrected chi connectivity index (χ0v) is 18.4. The summed E-state index contributed by atoms with van der Waals surface area (Å²) in [4.78, 5) is 7.27. The van der Waals surface area contributed by atoms with Gasteiger partial charge in [-0.15, -0.1) is 0 Å². The number of hydrogen-bond donors (Lipinski definition) is 0. The molecule has 0 bridgehead atoms. The first-order valence-electron chi connectivity index (χ1n) is 10.5. The molecule has 0 unspecified atom stereocenters. The van der Waals surface area contributed by atoms with Crippen LogP contribution < -0.4 is 9.47 Å². The van der Waals surface area contributed by atoms with Crippen molar-refractivity contribution >= 4 is 6.21 Å². The molecule has 1 saturated heterocycles. The van der Waals surface area contributed by atoms with Gasteiger partial charge in [-0.05, 0) is 62.1 Å². The van der Waals surface area contributed by atoms with Crippen LogP contribution >= 0.6 is 0 Å². The summed E-state index contributed by atoms with van der Waals surface area (Å²) in [6.07, 6.45) is 4.17. The van der Waals surface area contributed by atoms with Crippen LogP contribution in [0.15, 0.2) is 53.5 Å². The highest BCUT2D eigenvalue weighted by Crippen LogP contribution is 2.44. The summed E-state index contributed by atoms with van der Waals surface area (Å²) in [7, 11) is 5.55. The Morgan fingerprint density at radius 3 is 2.48 bits per heavy atom. The van der Waals surface area contributed by atoms with Crippen LogP contribution in [0.1, 0.15) is 37.8 Å². The number of piperidine rings is 1. The van der Waals surface area contributed by atoms with E-state index in [0.29, 0.717) is 12.0 Å². The number of methoxy groups -OCH3 is 2. The second-order valence-electron chi connectivity index (χ2n) is 8.32. The molecule has 4 nitrogen and oxygen atoms in total. The molecule has 156 valence electrons. The zero-order chi connectivity index (χ0) is 20.9. The van der Waals surface area contributed by atoms with Crippen molar-refractivity contribution in [3.63, 3.8) is 0 Å². The van der Waals surface area contributed by atoms with E-state index in [4.69, 9.17) is 14.5 Å². The molecule has 1 aliphatic rings. The highest BCUT2D eigenvalue weighted by Gasteiger charge is 2.43. The smallest absolute Gasteiger partial charge is 0.161 e. The van der Waals surface area contributed by atoms with E-state index in [1.54, 1.807) is 14.2 Å². The Morgan fingerprint density at radius 2 is 1.79 bits per heavy atom. The summed E-state index contributed by atoms with van der Waals surface area (Å²) in [6, 6.07) is 17.5. The van der Waals surface area contributed by atoms with Gasteiger partial charge in [0.25, 0.3) is 0 Å². The van der Waals surface area contributed by atoms with Crippen molar-refractivity contribution in [2.24, 2.45) is 10.9 Å². The lowest BCUT2D eigenvalue weighted by atomic mass is 9.63. The van der Waals surface area contributed by atoms with Gasteiger partial charge in [0.2, 0.25) is 0 Å². The second kappa shape index (κ2) is 9.45. The van der Waals surface area contributed by atoms with Gasteiger partial charge in [-0.3, -0.25) is 4.99 Å². The monoisotopic (exact) mass is 394 g/mol. The molecule has 3 rings (SSSR count). The first kappa shape index (κ1) is 21.4. The average molecular weight is 395 g/mol. The minimum atomic E-state index is 0.169. The summed E-state index contributed by atoms with van der Waals surface area (Å²) >= 11 is 0. The lowest BCUT2D eigenvalue weighted by Gasteiger charge is -2.49. The average Bonchev–Trinajstić information content (AvgIpc) is 2.75. The van der Waals surface area contributed by atoms with Crippen molar-refractivity contribution in [1.29, 1.82) is 0 Å². The van der Waals surface area contributed by atoms with Crippen molar-refractivity contribution in [1.82, 2.24) is 4.90 Å². The maximum atomic E-state index is 5.40. The van der Waals surface area contributed by atoms with Gasteiger partial charge in [0.15, 0.2) is 11.5 Å². The van der Waals surface area contributed by atoms with Crippen LogP contribution in [0.2, 0.25) is 0 Å². The van der Waals surface area contributed by atoms with E-state index < -0.39 is 0 Å². The SMILES string of the molecule is COc1ccc(C=NCC[C@]2(c3ccccc3)C[C@H](C)N(C)C[C@@H]2C)cc1OC. The molecule has 0 N–H and O–H groups in total. The lowest BCUT2D eigenvalue weighted by Crippen LogP contribution is -2.51. The van der Waals surface area contributed by atoms with E-state index in [2.05, 4.69) is 56.1 Å². The molecule has 0 spiro atoms. The van der Waals surface area contributed by atoms with E-state index in [9.17, 15) is 0 Å². The Labute approximate surface area is 175 Å². The van der Waals surface area contributed by atoms with Crippen LogP contribution in [0.3, 0.4) is 0 Å². The van der Waals surface area contributed by atoms with Crippen LogP contribution in [-0.4, -0.2) is 51.5 Å². The van der Waals surface area contributed by atoms with Gasteiger partial charge in [-0.2, -0.15) is 0 Å². The molecule has 0 aliphatic carbocycles. The molecule has 2 aromatic carbocycles. The van der Waals surface area contributed by atoms with Gasteiger partial charge in [-0.1, -0.05) is 37.3 Å². The molecular formula is C25H34N2O2. The standard InChI is InChI=1S/C25H34N2O2/c1-19-18-27(3)20(2)16-25(19,22-9-7-6-8-10-22)13-14-26-17-21-11-12-23(28-4)24(15-21)29-5/h6-12,15,17,19-20H,13-14,16,18H2,1-5H3/t19-,20-,25-/m0/s1. The number of hydrogen-bond acceptors (Lipinski definition) is 4. The molecule has 4 heteroatoms. The van der Waals surface area contributed by atoms with Crippen LogP contribution in [0.25, 0.3) is 0 Å². The zero-order valence-electron chi connectivity index (χ0n) is 18.4. The Bertz CT molecular complexity index is 821. The quantitative estimate of drug-likeness (QED) is 0.632. The van der Waals surface area contributed by atoms with Gasteiger partial charge in [0, 0.05) is 30.8 Å². The first-order valence-corrected chi connectivity index (χ1v) is 10.5. The molecule has 1 heterocycles. The Balaban J connectivity index is 1.77. The van der Waals surface area contributed by atoms with Crippen LogP contribution in [0, 0.1) is 5.92 Å². The highest BCUT2D eigenvalue weighted by atomic mass is 16.5. The van der Waals surface area contributed by atoms with Gasteiger partial charge < -0.3 is 14.4 Å². The van der Waals surface area contributed by atoms with E-state index in [1.807, 2.05) is 24.4 Å². The predicted molar refractivity (Wildman–Crippen MR) is 121 cm³/mol. The summed E-state index contributed by atoms with van der Waals surface area (Å²) in [6.45, 7) is 6.67. The largest absolute Gasteiger partial charge is 0.493 e. The summed E-state index contributed by atoms with van der Waals surface area (Å²) < 4.78 is 10.7. The molecule has 0 amide bonds. The maximum Gasteiger partial charge on any atom is 0.161 e. The van der Waals surface area contributed by atoms with Crippen molar-refractivity contribution < 1.29 is 9.47 Å². The van der Waals surface area contributed by atoms with Gasteiger partial charge in [-0.25, -0.2) is 0 Å². The fourth-order valence-electron chi connectivity index (χ4n) is 4.70. The van der Waals surface area contributed by atoms with Crippen LogP contribution in [0.5, 0.6) is 11.5 Å². The third kappa shape index (κ3) is 4.64. The van der Waals surface area contributed by atoms with E-state index in [-0.39, 0.29) is 5.41 Å².